The molecule has 1 aliphatic heterocycles. The van der Waals surface area contributed by atoms with Crippen molar-refractivity contribution in [3.63, 3.8) is 0 Å². The number of amides is 1. The molecule has 0 saturated carbocycles. The number of benzene rings is 2. The molecule has 7 heteroatoms. The lowest BCUT2D eigenvalue weighted by Crippen LogP contribution is -2.31. The van der Waals surface area contributed by atoms with Crippen molar-refractivity contribution in [3.8, 4) is 0 Å². The highest BCUT2D eigenvalue weighted by molar-refractivity contribution is 7.98. The third-order valence-corrected chi connectivity index (χ3v) is 7.31. The second kappa shape index (κ2) is 10.3. The lowest BCUT2D eigenvalue weighted by Gasteiger charge is -2.29. The second-order valence-electron chi connectivity index (χ2n) is 7.55. The fraction of sp³-hybridized carbons (Fsp3) is 0.333. The number of aromatic nitrogens is 1. The van der Waals surface area contributed by atoms with Gasteiger partial charge in [0.25, 0.3) is 0 Å². The van der Waals surface area contributed by atoms with Gasteiger partial charge in [-0.2, -0.15) is 0 Å². The molecule has 3 aromatic rings. The number of fused-ring (bicyclic) bond motifs is 1. The minimum Gasteiger partial charge on any atom is -0.383 e. The molecule has 0 bridgehead atoms. The molecule has 0 atom stereocenters. The molecule has 2 heterocycles. The standard InChI is InChI=1S/C24H27N3O2S2/c1-29-11-10-27(17-28)21-7-6-19-8-9-26(16-20(19)14-21)24-25-15-23(31-24)13-18-4-3-5-22(12-18)30-2/h3-7,12,14-15,17H,8-11,13,16H2,1-2H3. The maximum Gasteiger partial charge on any atom is 0.214 e. The Kier molecular flexibility index (Phi) is 7.27. The van der Waals surface area contributed by atoms with E-state index in [1.54, 1.807) is 35.1 Å². The van der Waals surface area contributed by atoms with Crippen LogP contribution in [-0.2, 0) is 28.9 Å². The van der Waals surface area contributed by atoms with Crippen LogP contribution in [0.1, 0.15) is 21.6 Å². The average molecular weight is 454 g/mol. The maximum absolute atomic E-state index is 11.5. The van der Waals surface area contributed by atoms with E-state index in [0.29, 0.717) is 13.2 Å². The van der Waals surface area contributed by atoms with Gasteiger partial charge < -0.3 is 14.5 Å². The van der Waals surface area contributed by atoms with E-state index in [2.05, 4.69) is 47.6 Å². The molecule has 5 nitrogen and oxygen atoms in total. The number of thioether (sulfide) groups is 1. The number of ether oxygens (including phenoxy) is 1. The van der Waals surface area contributed by atoms with E-state index in [1.807, 2.05) is 12.3 Å². The summed E-state index contributed by atoms with van der Waals surface area (Å²) in [6, 6.07) is 15.0. The average Bonchev–Trinajstić information content (AvgIpc) is 3.27. The third-order valence-electron chi connectivity index (χ3n) is 5.52. The largest absolute Gasteiger partial charge is 0.383 e. The van der Waals surface area contributed by atoms with Crippen LogP contribution >= 0.6 is 23.1 Å². The van der Waals surface area contributed by atoms with Gasteiger partial charge in [0.1, 0.15) is 0 Å². The van der Waals surface area contributed by atoms with E-state index >= 15 is 0 Å². The Bertz CT molecular complexity index is 1040. The lowest BCUT2D eigenvalue weighted by molar-refractivity contribution is -0.107. The molecule has 162 valence electrons. The van der Waals surface area contributed by atoms with Crippen LogP contribution in [-0.4, -0.2) is 44.5 Å². The van der Waals surface area contributed by atoms with Crippen molar-refractivity contribution >= 4 is 40.3 Å². The molecule has 0 aliphatic carbocycles. The van der Waals surface area contributed by atoms with Gasteiger partial charge in [0, 0.05) is 54.8 Å². The number of nitrogens with zero attached hydrogens (tertiary/aromatic N) is 3. The minimum absolute atomic E-state index is 0.518. The molecule has 31 heavy (non-hydrogen) atoms. The Morgan fingerprint density at radius 2 is 2.16 bits per heavy atom. The smallest absolute Gasteiger partial charge is 0.214 e. The molecule has 1 amide bonds. The molecule has 0 N–H and O–H groups in total. The fourth-order valence-corrected chi connectivity index (χ4v) is 5.28. The van der Waals surface area contributed by atoms with Crippen molar-refractivity contribution in [3.05, 3.63) is 70.2 Å². The Balaban J connectivity index is 1.47. The molecule has 1 aromatic heterocycles. The summed E-state index contributed by atoms with van der Waals surface area (Å²) in [5.74, 6) is 0. The summed E-state index contributed by atoms with van der Waals surface area (Å²) < 4.78 is 5.12. The SMILES string of the molecule is COCCN(C=O)c1ccc2c(c1)CN(c1ncc(Cc3cccc(SC)c3)s1)CC2. The predicted molar refractivity (Wildman–Crippen MR) is 130 cm³/mol. The first-order chi connectivity index (χ1) is 15.2. The summed E-state index contributed by atoms with van der Waals surface area (Å²) in [6.07, 6.45) is 6.89. The van der Waals surface area contributed by atoms with Crippen LogP contribution in [0.5, 0.6) is 0 Å². The van der Waals surface area contributed by atoms with Crippen molar-refractivity contribution in [2.24, 2.45) is 0 Å². The number of carbonyl (C=O) groups excluding carboxylic acids is 1. The van der Waals surface area contributed by atoms with Crippen LogP contribution < -0.4 is 9.80 Å². The second-order valence-corrected chi connectivity index (χ2v) is 9.53. The summed E-state index contributed by atoms with van der Waals surface area (Å²) in [5.41, 5.74) is 4.85. The first kappa shape index (κ1) is 21.9. The number of anilines is 2. The van der Waals surface area contributed by atoms with Crippen LogP contribution in [0.15, 0.2) is 53.6 Å². The quantitative estimate of drug-likeness (QED) is 0.349. The minimum atomic E-state index is 0.518. The monoisotopic (exact) mass is 453 g/mol. The summed E-state index contributed by atoms with van der Waals surface area (Å²) in [5, 5.41) is 1.07. The highest BCUT2D eigenvalue weighted by Gasteiger charge is 2.20. The molecular weight excluding hydrogens is 426 g/mol. The van der Waals surface area contributed by atoms with Crippen molar-refractivity contribution in [2.45, 2.75) is 24.3 Å². The van der Waals surface area contributed by atoms with Gasteiger partial charge in [-0.25, -0.2) is 4.98 Å². The topological polar surface area (TPSA) is 45.7 Å². The van der Waals surface area contributed by atoms with Crippen molar-refractivity contribution < 1.29 is 9.53 Å². The zero-order valence-corrected chi connectivity index (χ0v) is 19.5. The molecule has 0 saturated heterocycles. The summed E-state index contributed by atoms with van der Waals surface area (Å²) in [6.45, 7) is 2.84. The normalized spacial score (nSPS) is 13.2. The van der Waals surface area contributed by atoms with Crippen LogP contribution in [0.25, 0.3) is 0 Å². The van der Waals surface area contributed by atoms with E-state index in [9.17, 15) is 4.79 Å². The number of thiazole rings is 1. The molecule has 0 radical (unpaired) electrons. The van der Waals surface area contributed by atoms with Crippen LogP contribution in [0.2, 0.25) is 0 Å². The van der Waals surface area contributed by atoms with Crippen molar-refractivity contribution in [1.29, 1.82) is 0 Å². The highest BCUT2D eigenvalue weighted by Crippen LogP contribution is 2.31. The molecule has 0 fully saturated rings. The van der Waals surface area contributed by atoms with Gasteiger partial charge in [0.2, 0.25) is 6.41 Å². The van der Waals surface area contributed by atoms with Crippen LogP contribution in [0, 0.1) is 0 Å². The molecule has 0 unspecified atom stereocenters. The van der Waals surface area contributed by atoms with Gasteiger partial charge >= 0.3 is 0 Å². The van der Waals surface area contributed by atoms with E-state index in [0.717, 1.165) is 43.2 Å². The Hall–Kier alpha value is -2.35. The van der Waals surface area contributed by atoms with Crippen molar-refractivity contribution in [1.82, 2.24) is 4.98 Å². The number of carbonyl (C=O) groups is 1. The van der Waals surface area contributed by atoms with Gasteiger partial charge in [0.05, 0.1) is 6.61 Å². The van der Waals surface area contributed by atoms with Crippen LogP contribution in [0.4, 0.5) is 10.8 Å². The predicted octanol–water partition coefficient (Wildman–Crippen LogP) is 4.63. The Morgan fingerprint density at radius 1 is 1.26 bits per heavy atom. The zero-order valence-electron chi connectivity index (χ0n) is 17.9. The van der Waals surface area contributed by atoms with Gasteiger partial charge in [0.15, 0.2) is 5.13 Å². The van der Waals surface area contributed by atoms with E-state index in [1.165, 1.54) is 26.5 Å². The fourth-order valence-electron chi connectivity index (χ4n) is 3.83. The number of rotatable bonds is 9. The summed E-state index contributed by atoms with van der Waals surface area (Å²) >= 11 is 3.54. The van der Waals surface area contributed by atoms with E-state index in [4.69, 9.17) is 9.72 Å². The molecule has 1 aliphatic rings. The first-order valence-corrected chi connectivity index (χ1v) is 12.4. The Labute approximate surface area is 192 Å². The molecule has 4 rings (SSSR count). The summed E-state index contributed by atoms with van der Waals surface area (Å²) in [7, 11) is 1.65. The van der Waals surface area contributed by atoms with E-state index in [-0.39, 0.29) is 0 Å². The molecule has 0 spiro atoms. The number of methoxy groups -OCH3 is 1. The third kappa shape index (κ3) is 5.29. The van der Waals surface area contributed by atoms with Gasteiger partial charge in [-0.15, -0.1) is 23.1 Å². The molecule has 2 aromatic carbocycles. The van der Waals surface area contributed by atoms with Gasteiger partial charge in [-0.3, -0.25) is 4.79 Å². The molecular formula is C24H27N3O2S2. The Morgan fingerprint density at radius 3 is 2.97 bits per heavy atom. The zero-order chi connectivity index (χ0) is 21.6. The van der Waals surface area contributed by atoms with Gasteiger partial charge in [-0.1, -0.05) is 18.2 Å². The number of hydrogen-bond acceptors (Lipinski definition) is 6. The lowest BCUT2D eigenvalue weighted by atomic mass is 9.99. The number of hydrogen-bond donors (Lipinski definition) is 0. The van der Waals surface area contributed by atoms with Crippen molar-refractivity contribution in [2.75, 3.05) is 42.9 Å². The first-order valence-electron chi connectivity index (χ1n) is 10.4. The summed E-state index contributed by atoms with van der Waals surface area (Å²) in [4.78, 5) is 22.8. The highest BCUT2D eigenvalue weighted by atomic mass is 32.2. The van der Waals surface area contributed by atoms with Gasteiger partial charge in [-0.05, 0) is 53.6 Å². The van der Waals surface area contributed by atoms with Crippen LogP contribution in [0.3, 0.4) is 0 Å². The van der Waals surface area contributed by atoms with E-state index < -0.39 is 0 Å². The maximum atomic E-state index is 11.5.